The van der Waals surface area contributed by atoms with Gasteiger partial charge in [-0.05, 0) is 31.7 Å². The van der Waals surface area contributed by atoms with Crippen molar-refractivity contribution in [2.24, 2.45) is 0 Å². The zero-order chi connectivity index (χ0) is 18.4. The van der Waals surface area contributed by atoms with E-state index in [4.69, 9.17) is 4.74 Å². The van der Waals surface area contributed by atoms with Crippen molar-refractivity contribution in [3.63, 3.8) is 0 Å². The fourth-order valence-corrected chi connectivity index (χ4v) is 3.97. The first-order valence-corrected chi connectivity index (χ1v) is 9.96. The van der Waals surface area contributed by atoms with Crippen molar-refractivity contribution in [1.29, 1.82) is 0 Å². The van der Waals surface area contributed by atoms with Crippen LogP contribution in [0.1, 0.15) is 40.8 Å². The van der Waals surface area contributed by atoms with Crippen LogP contribution in [0.4, 0.5) is 5.69 Å². The molecule has 2 aromatic heterocycles. The molecule has 25 heavy (non-hydrogen) atoms. The smallest absolute Gasteiger partial charge is 0.350 e. The van der Waals surface area contributed by atoms with Crippen molar-refractivity contribution >= 4 is 40.7 Å². The first-order chi connectivity index (χ1) is 12.0. The summed E-state index contributed by atoms with van der Waals surface area (Å²) in [5.74, 6) is -0.383. The second-order valence-electron chi connectivity index (χ2n) is 5.56. The van der Waals surface area contributed by atoms with Crippen LogP contribution in [-0.2, 0) is 16.1 Å². The molecule has 0 saturated carbocycles. The SMILES string of the molecule is CCCCn1c(SCC(=O)Nc2ccsc2C(=O)OC)nc(C)c1C. The number of ether oxygens (including phenoxy) is 1. The molecule has 1 amide bonds. The Morgan fingerprint density at radius 3 is 2.84 bits per heavy atom. The lowest BCUT2D eigenvalue weighted by atomic mass is 10.3. The Morgan fingerprint density at radius 1 is 1.40 bits per heavy atom. The van der Waals surface area contributed by atoms with Crippen molar-refractivity contribution in [2.75, 3.05) is 18.2 Å². The number of aromatic nitrogens is 2. The van der Waals surface area contributed by atoms with Gasteiger partial charge in [0.15, 0.2) is 5.16 Å². The van der Waals surface area contributed by atoms with Gasteiger partial charge in [-0.3, -0.25) is 4.79 Å². The molecule has 0 radical (unpaired) electrons. The third-order valence-corrected chi connectivity index (χ3v) is 5.67. The fraction of sp³-hybridized carbons (Fsp3) is 0.471. The average molecular weight is 382 g/mol. The van der Waals surface area contributed by atoms with E-state index in [1.165, 1.54) is 30.2 Å². The van der Waals surface area contributed by atoms with Crippen LogP contribution in [0.15, 0.2) is 16.6 Å². The number of unbranched alkanes of at least 4 members (excludes halogenated alkanes) is 1. The van der Waals surface area contributed by atoms with Crippen LogP contribution in [0.3, 0.4) is 0 Å². The molecule has 2 aromatic rings. The molecule has 2 rings (SSSR count). The minimum atomic E-state index is -0.445. The summed E-state index contributed by atoms with van der Waals surface area (Å²) in [6.45, 7) is 7.09. The molecule has 0 bridgehead atoms. The summed E-state index contributed by atoms with van der Waals surface area (Å²) in [4.78, 5) is 28.9. The summed E-state index contributed by atoms with van der Waals surface area (Å²) in [6.07, 6.45) is 2.18. The molecule has 0 aliphatic carbocycles. The van der Waals surface area contributed by atoms with Gasteiger partial charge >= 0.3 is 5.97 Å². The van der Waals surface area contributed by atoms with Gasteiger partial charge in [0.25, 0.3) is 0 Å². The van der Waals surface area contributed by atoms with E-state index in [2.05, 4.69) is 28.7 Å². The van der Waals surface area contributed by atoms with Crippen molar-refractivity contribution in [1.82, 2.24) is 9.55 Å². The van der Waals surface area contributed by atoms with E-state index in [-0.39, 0.29) is 11.7 Å². The number of methoxy groups -OCH3 is 1. The van der Waals surface area contributed by atoms with Crippen LogP contribution in [0.5, 0.6) is 0 Å². The first kappa shape index (κ1) is 19.5. The number of anilines is 1. The number of aryl methyl sites for hydroxylation is 1. The van der Waals surface area contributed by atoms with E-state index in [1.807, 2.05) is 6.92 Å². The number of thiophene rings is 1. The molecule has 0 aromatic carbocycles. The monoisotopic (exact) mass is 381 g/mol. The lowest BCUT2D eigenvalue weighted by molar-refractivity contribution is -0.113. The Hall–Kier alpha value is -1.80. The molecule has 136 valence electrons. The van der Waals surface area contributed by atoms with Gasteiger partial charge in [0.1, 0.15) is 4.88 Å². The molecule has 0 aliphatic heterocycles. The molecular formula is C17H23N3O3S2. The van der Waals surface area contributed by atoms with Gasteiger partial charge in [0, 0.05) is 12.2 Å². The van der Waals surface area contributed by atoms with Crippen molar-refractivity contribution in [3.8, 4) is 0 Å². The van der Waals surface area contributed by atoms with E-state index >= 15 is 0 Å². The highest BCUT2D eigenvalue weighted by atomic mass is 32.2. The number of thioether (sulfide) groups is 1. The lowest BCUT2D eigenvalue weighted by Gasteiger charge is -2.09. The summed E-state index contributed by atoms with van der Waals surface area (Å²) in [7, 11) is 1.32. The Labute approximate surface area is 156 Å². The summed E-state index contributed by atoms with van der Waals surface area (Å²) in [6, 6.07) is 1.70. The number of carbonyl (C=O) groups excluding carboxylic acids is 2. The maximum absolute atomic E-state index is 12.2. The molecule has 0 spiro atoms. The summed E-state index contributed by atoms with van der Waals surface area (Å²) >= 11 is 2.65. The molecule has 2 heterocycles. The molecule has 0 aliphatic rings. The van der Waals surface area contributed by atoms with Gasteiger partial charge in [0.05, 0.1) is 24.2 Å². The van der Waals surface area contributed by atoms with Crippen molar-refractivity contribution in [3.05, 3.63) is 27.7 Å². The molecular weight excluding hydrogens is 358 g/mol. The Kier molecular flexibility index (Phi) is 7.07. The molecule has 0 saturated heterocycles. The topological polar surface area (TPSA) is 73.2 Å². The Bertz CT molecular complexity index is 752. The van der Waals surface area contributed by atoms with E-state index < -0.39 is 5.97 Å². The van der Waals surface area contributed by atoms with Crippen LogP contribution < -0.4 is 5.32 Å². The highest BCUT2D eigenvalue weighted by Gasteiger charge is 2.17. The number of carbonyl (C=O) groups is 2. The molecule has 0 atom stereocenters. The fourth-order valence-electron chi connectivity index (χ4n) is 2.29. The highest BCUT2D eigenvalue weighted by molar-refractivity contribution is 7.99. The first-order valence-electron chi connectivity index (χ1n) is 8.10. The van der Waals surface area contributed by atoms with Crippen molar-refractivity contribution in [2.45, 2.75) is 45.3 Å². The number of nitrogens with zero attached hydrogens (tertiary/aromatic N) is 2. The summed E-state index contributed by atoms with van der Waals surface area (Å²) < 4.78 is 6.88. The number of amides is 1. The minimum absolute atomic E-state index is 0.172. The number of esters is 1. The standard InChI is InChI=1S/C17H23N3O3S2/c1-5-6-8-20-12(3)11(2)18-17(20)25-10-14(21)19-13-7-9-24-15(13)16(22)23-4/h7,9H,5-6,8,10H2,1-4H3,(H,19,21). The van der Waals surface area contributed by atoms with E-state index in [1.54, 1.807) is 11.4 Å². The Morgan fingerprint density at radius 2 is 2.16 bits per heavy atom. The van der Waals surface area contributed by atoms with Crippen LogP contribution >= 0.6 is 23.1 Å². The number of hydrogen-bond acceptors (Lipinski definition) is 6. The average Bonchev–Trinajstić information content (AvgIpc) is 3.16. The molecule has 0 unspecified atom stereocenters. The maximum Gasteiger partial charge on any atom is 0.350 e. The van der Waals surface area contributed by atoms with Gasteiger partial charge in [-0.25, -0.2) is 9.78 Å². The third-order valence-electron chi connectivity index (χ3n) is 3.80. The molecule has 6 nitrogen and oxygen atoms in total. The predicted octanol–water partition coefficient (Wildman–Crippen LogP) is 3.88. The van der Waals surface area contributed by atoms with E-state index in [9.17, 15) is 9.59 Å². The van der Waals surface area contributed by atoms with Gasteiger partial charge in [-0.2, -0.15) is 0 Å². The van der Waals surface area contributed by atoms with E-state index in [0.29, 0.717) is 10.6 Å². The quantitative estimate of drug-likeness (QED) is 0.555. The number of hydrogen-bond donors (Lipinski definition) is 1. The number of imidazole rings is 1. The maximum atomic E-state index is 12.2. The van der Waals surface area contributed by atoms with Crippen LogP contribution in [0.2, 0.25) is 0 Å². The second-order valence-corrected chi connectivity index (χ2v) is 7.42. The van der Waals surface area contributed by atoms with Crippen LogP contribution in [-0.4, -0.2) is 34.3 Å². The number of rotatable bonds is 8. The predicted molar refractivity (Wildman–Crippen MR) is 102 cm³/mol. The number of nitrogens with one attached hydrogen (secondary N) is 1. The third kappa shape index (κ3) is 4.85. The summed E-state index contributed by atoms with van der Waals surface area (Å²) in [5, 5.41) is 5.38. The van der Waals surface area contributed by atoms with Gasteiger partial charge in [-0.1, -0.05) is 25.1 Å². The Balaban J connectivity index is 2.00. The summed E-state index contributed by atoms with van der Waals surface area (Å²) in [5.41, 5.74) is 2.62. The van der Waals surface area contributed by atoms with Gasteiger partial charge < -0.3 is 14.6 Å². The van der Waals surface area contributed by atoms with Gasteiger partial charge in [-0.15, -0.1) is 11.3 Å². The molecule has 0 fully saturated rings. The van der Waals surface area contributed by atoms with Crippen LogP contribution in [0.25, 0.3) is 0 Å². The second kappa shape index (κ2) is 9.05. The zero-order valence-corrected chi connectivity index (χ0v) is 16.6. The largest absolute Gasteiger partial charge is 0.465 e. The minimum Gasteiger partial charge on any atom is -0.465 e. The van der Waals surface area contributed by atoms with Crippen LogP contribution in [0, 0.1) is 13.8 Å². The zero-order valence-electron chi connectivity index (χ0n) is 14.9. The highest BCUT2D eigenvalue weighted by Crippen LogP contribution is 2.25. The van der Waals surface area contributed by atoms with E-state index in [0.717, 1.165) is 35.9 Å². The molecule has 1 N–H and O–H groups in total. The molecule has 8 heteroatoms. The normalized spacial score (nSPS) is 10.7. The lowest BCUT2D eigenvalue weighted by Crippen LogP contribution is -2.16. The van der Waals surface area contributed by atoms with Crippen molar-refractivity contribution < 1.29 is 14.3 Å². The van der Waals surface area contributed by atoms with Gasteiger partial charge in [0.2, 0.25) is 5.91 Å².